The third-order valence-corrected chi connectivity index (χ3v) is 2.31. The van der Waals surface area contributed by atoms with E-state index in [1.54, 1.807) is 0 Å². The number of rotatable bonds is 1. The molecule has 0 aromatic heterocycles. The van der Waals surface area contributed by atoms with Crippen LogP contribution in [0.25, 0.3) is 0 Å². The molecule has 0 bridgehead atoms. The third kappa shape index (κ3) is 2.00. The lowest BCUT2D eigenvalue weighted by Crippen LogP contribution is -2.11. The molecule has 0 aliphatic rings. The first-order chi connectivity index (χ1) is 6.38. The first kappa shape index (κ1) is 11.3. The molecule has 0 spiro atoms. The SMILES string of the molecule is CSc1ccc(F)c(C(F)(F)F)c1F. The van der Waals surface area contributed by atoms with E-state index in [9.17, 15) is 22.0 Å². The van der Waals surface area contributed by atoms with E-state index in [1.807, 2.05) is 0 Å². The van der Waals surface area contributed by atoms with Crippen LogP contribution in [0.4, 0.5) is 22.0 Å². The standard InChI is InChI=1S/C8H5F5S/c1-14-5-3-2-4(9)6(7(5)10)8(11,12)13/h2-3H,1H3. The Balaban J connectivity index is 3.40. The van der Waals surface area contributed by atoms with Crippen molar-refractivity contribution in [2.45, 2.75) is 11.1 Å². The second kappa shape index (κ2) is 3.76. The lowest BCUT2D eigenvalue weighted by molar-refractivity contribution is -0.142. The van der Waals surface area contributed by atoms with E-state index in [2.05, 4.69) is 0 Å². The zero-order valence-electron chi connectivity index (χ0n) is 6.95. The molecule has 1 rings (SSSR count). The molecule has 0 amide bonds. The molecule has 0 unspecified atom stereocenters. The van der Waals surface area contributed by atoms with Crippen LogP contribution >= 0.6 is 11.8 Å². The van der Waals surface area contributed by atoms with Gasteiger partial charge in [-0.25, -0.2) is 8.78 Å². The highest BCUT2D eigenvalue weighted by atomic mass is 32.2. The summed E-state index contributed by atoms with van der Waals surface area (Å²) in [5, 5.41) is 0. The number of hydrogen-bond donors (Lipinski definition) is 0. The van der Waals surface area contributed by atoms with Crippen LogP contribution in [0.1, 0.15) is 5.56 Å². The summed E-state index contributed by atoms with van der Waals surface area (Å²) in [7, 11) is 0. The predicted octanol–water partition coefficient (Wildman–Crippen LogP) is 3.71. The topological polar surface area (TPSA) is 0 Å². The normalized spacial score (nSPS) is 11.9. The Bertz CT molecular complexity index is 344. The molecule has 0 radical (unpaired) electrons. The van der Waals surface area contributed by atoms with E-state index in [1.165, 1.54) is 6.26 Å². The minimum absolute atomic E-state index is 0.223. The molecule has 0 nitrogen and oxygen atoms in total. The summed E-state index contributed by atoms with van der Waals surface area (Å²) in [6.45, 7) is 0. The average molecular weight is 228 g/mol. The van der Waals surface area contributed by atoms with Gasteiger partial charge in [0.25, 0.3) is 0 Å². The summed E-state index contributed by atoms with van der Waals surface area (Å²) in [5.41, 5.74) is -1.83. The summed E-state index contributed by atoms with van der Waals surface area (Å²) in [6, 6.07) is 1.59. The maximum atomic E-state index is 13.0. The van der Waals surface area contributed by atoms with Gasteiger partial charge in [-0.05, 0) is 18.4 Å². The van der Waals surface area contributed by atoms with Crippen molar-refractivity contribution in [1.29, 1.82) is 0 Å². The van der Waals surface area contributed by atoms with Gasteiger partial charge in [-0.2, -0.15) is 13.2 Å². The maximum Gasteiger partial charge on any atom is 0.422 e. The molecule has 1 aromatic carbocycles. The van der Waals surface area contributed by atoms with Gasteiger partial charge in [-0.15, -0.1) is 11.8 Å². The zero-order chi connectivity index (χ0) is 10.9. The van der Waals surface area contributed by atoms with E-state index >= 15 is 0 Å². The molecule has 0 aliphatic heterocycles. The lowest BCUT2D eigenvalue weighted by Gasteiger charge is -2.10. The van der Waals surface area contributed by atoms with Gasteiger partial charge >= 0.3 is 6.18 Å². The molecule has 0 atom stereocenters. The number of thioether (sulfide) groups is 1. The molecule has 0 heterocycles. The Morgan fingerprint density at radius 2 is 1.71 bits per heavy atom. The van der Waals surface area contributed by atoms with Crippen molar-refractivity contribution < 1.29 is 22.0 Å². The smallest absolute Gasteiger partial charge is 0.206 e. The molecule has 14 heavy (non-hydrogen) atoms. The number of benzene rings is 1. The van der Waals surface area contributed by atoms with Gasteiger partial charge in [0.15, 0.2) is 5.82 Å². The fourth-order valence-electron chi connectivity index (χ4n) is 0.951. The van der Waals surface area contributed by atoms with E-state index in [-0.39, 0.29) is 4.90 Å². The Morgan fingerprint density at radius 3 is 2.14 bits per heavy atom. The van der Waals surface area contributed by atoms with Crippen molar-refractivity contribution in [2.75, 3.05) is 6.26 Å². The highest BCUT2D eigenvalue weighted by Crippen LogP contribution is 2.36. The lowest BCUT2D eigenvalue weighted by atomic mass is 10.2. The Kier molecular flexibility index (Phi) is 3.04. The first-order valence-electron chi connectivity index (χ1n) is 3.47. The van der Waals surface area contributed by atoms with Crippen molar-refractivity contribution in [2.24, 2.45) is 0 Å². The molecular formula is C8H5F5S. The molecule has 0 fully saturated rings. The van der Waals surface area contributed by atoms with E-state index in [0.29, 0.717) is 6.07 Å². The van der Waals surface area contributed by atoms with Crippen LogP contribution in [0.15, 0.2) is 17.0 Å². The summed E-state index contributed by atoms with van der Waals surface area (Å²) in [6.07, 6.45) is -3.59. The average Bonchev–Trinajstić information content (AvgIpc) is 2.02. The van der Waals surface area contributed by atoms with Gasteiger partial charge in [-0.1, -0.05) is 0 Å². The summed E-state index contributed by atoms with van der Waals surface area (Å²) in [4.78, 5) is -0.223. The number of alkyl halides is 3. The summed E-state index contributed by atoms with van der Waals surface area (Å²) in [5.74, 6) is -3.14. The van der Waals surface area contributed by atoms with Crippen LogP contribution in [-0.2, 0) is 6.18 Å². The molecule has 0 saturated heterocycles. The van der Waals surface area contributed by atoms with Crippen molar-refractivity contribution >= 4 is 11.8 Å². The predicted molar refractivity (Wildman–Crippen MR) is 43.1 cm³/mol. The fraction of sp³-hybridized carbons (Fsp3) is 0.250. The first-order valence-corrected chi connectivity index (χ1v) is 4.69. The van der Waals surface area contributed by atoms with E-state index < -0.39 is 23.4 Å². The van der Waals surface area contributed by atoms with Gasteiger partial charge in [0, 0.05) is 4.90 Å². The van der Waals surface area contributed by atoms with E-state index in [4.69, 9.17) is 0 Å². The molecule has 0 saturated carbocycles. The molecule has 0 aliphatic carbocycles. The Labute approximate surface area is 81.1 Å². The van der Waals surface area contributed by atoms with Crippen LogP contribution in [0, 0.1) is 11.6 Å². The molecular weight excluding hydrogens is 223 g/mol. The van der Waals surface area contributed by atoms with Gasteiger partial charge in [-0.3, -0.25) is 0 Å². The fourth-order valence-corrected chi connectivity index (χ4v) is 1.44. The van der Waals surface area contributed by atoms with Crippen molar-refractivity contribution in [3.63, 3.8) is 0 Å². The van der Waals surface area contributed by atoms with Crippen LogP contribution < -0.4 is 0 Å². The maximum absolute atomic E-state index is 13.0. The Hall–Kier alpha value is -0.780. The number of halogens is 5. The van der Waals surface area contributed by atoms with Crippen LogP contribution in [0.3, 0.4) is 0 Å². The molecule has 78 valence electrons. The van der Waals surface area contributed by atoms with Crippen LogP contribution in [0.5, 0.6) is 0 Å². The minimum Gasteiger partial charge on any atom is -0.206 e. The second-order valence-corrected chi connectivity index (χ2v) is 3.28. The van der Waals surface area contributed by atoms with Crippen LogP contribution in [0.2, 0.25) is 0 Å². The second-order valence-electron chi connectivity index (χ2n) is 2.44. The third-order valence-electron chi connectivity index (χ3n) is 1.56. The minimum atomic E-state index is -5.00. The van der Waals surface area contributed by atoms with Gasteiger partial charge in [0.2, 0.25) is 0 Å². The van der Waals surface area contributed by atoms with E-state index in [0.717, 1.165) is 17.8 Å². The van der Waals surface area contributed by atoms with Crippen molar-refractivity contribution in [1.82, 2.24) is 0 Å². The molecule has 0 N–H and O–H groups in total. The van der Waals surface area contributed by atoms with Gasteiger partial charge < -0.3 is 0 Å². The number of hydrogen-bond acceptors (Lipinski definition) is 1. The highest BCUT2D eigenvalue weighted by molar-refractivity contribution is 7.98. The van der Waals surface area contributed by atoms with Crippen LogP contribution in [-0.4, -0.2) is 6.26 Å². The Morgan fingerprint density at radius 1 is 1.14 bits per heavy atom. The highest BCUT2D eigenvalue weighted by Gasteiger charge is 2.38. The quantitative estimate of drug-likeness (QED) is 0.521. The molecule has 6 heteroatoms. The van der Waals surface area contributed by atoms with Gasteiger partial charge in [0.05, 0.1) is 0 Å². The molecule has 1 aromatic rings. The summed E-state index contributed by atoms with van der Waals surface area (Å²) >= 11 is 0.793. The largest absolute Gasteiger partial charge is 0.422 e. The van der Waals surface area contributed by atoms with Crippen molar-refractivity contribution in [3.8, 4) is 0 Å². The monoisotopic (exact) mass is 228 g/mol. The van der Waals surface area contributed by atoms with Crippen molar-refractivity contribution in [3.05, 3.63) is 29.3 Å². The zero-order valence-corrected chi connectivity index (χ0v) is 7.77. The summed E-state index contributed by atoms with van der Waals surface area (Å²) < 4.78 is 62.2. The van der Waals surface area contributed by atoms with Gasteiger partial charge in [0.1, 0.15) is 11.4 Å².